The summed E-state index contributed by atoms with van der Waals surface area (Å²) in [5.41, 5.74) is 2.03. The molecule has 2 aromatic rings. The Morgan fingerprint density at radius 1 is 1.43 bits per heavy atom. The number of methoxy groups -OCH3 is 1. The number of hydrogen-bond acceptors (Lipinski definition) is 4. The molecule has 0 unspecified atom stereocenters. The SMILES string of the molecule is CO[C@H]1CCCN(c2ccc3nccc(C(=O)O)c3c2)C1. The van der Waals surface area contributed by atoms with E-state index >= 15 is 0 Å². The number of ether oxygens (including phenoxy) is 1. The summed E-state index contributed by atoms with van der Waals surface area (Å²) in [6, 6.07) is 7.35. The molecule has 110 valence electrons. The lowest BCUT2D eigenvalue weighted by Crippen LogP contribution is -2.39. The molecule has 1 atom stereocenters. The fraction of sp³-hybridized carbons (Fsp3) is 0.375. The Hall–Kier alpha value is -2.14. The highest BCUT2D eigenvalue weighted by molar-refractivity contribution is 6.03. The van der Waals surface area contributed by atoms with E-state index in [0.29, 0.717) is 16.5 Å². The number of aromatic carboxylic acids is 1. The van der Waals surface area contributed by atoms with Gasteiger partial charge in [-0.25, -0.2) is 4.79 Å². The van der Waals surface area contributed by atoms with Crippen LogP contribution in [0.5, 0.6) is 0 Å². The van der Waals surface area contributed by atoms with E-state index in [2.05, 4.69) is 9.88 Å². The first-order chi connectivity index (χ1) is 10.2. The number of rotatable bonds is 3. The lowest BCUT2D eigenvalue weighted by Gasteiger charge is -2.33. The van der Waals surface area contributed by atoms with Crippen LogP contribution < -0.4 is 4.90 Å². The predicted molar refractivity (Wildman–Crippen MR) is 80.9 cm³/mol. The van der Waals surface area contributed by atoms with Gasteiger partial charge in [-0.2, -0.15) is 0 Å². The van der Waals surface area contributed by atoms with Crippen molar-refractivity contribution in [3.63, 3.8) is 0 Å². The number of anilines is 1. The second-order valence-corrected chi connectivity index (χ2v) is 5.31. The van der Waals surface area contributed by atoms with Crippen molar-refractivity contribution in [2.45, 2.75) is 18.9 Å². The van der Waals surface area contributed by atoms with Crippen LogP contribution in [0.15, 0.2) is 30.5 Å². The molecule has 5 nitrogen and oxygen atoms in total. The van der Waals surface area contributed by atoms with Gasteiger partial charge in [0.15, 0.2) is 0 Å². The minimum absolute atomic E-state index is 0.238. The standard InChI is InChI=1S/C16H18N2O3/c1-21-12-3-2-8-18(10-12)11-4-5-15-14(9-11)13(16(19)20)6-7-17-15/h4-7,9,12H,2-3,8,10H2,1H3,(H,19,20)/t12-/m0/s1. The third-order valence-corrected chi connectivity index (χ3v) is 4.03. The first kappa shape index (κ1) is 13.8. The summed E-state index contributed by atoms with van der Waals surface area (Å²) in [7, 11) is 1.74. The molecule has 1 aliphatic rings. The van der Waals surface area contributed by atoms with Gasteiger partial charge in [-0.15, -0.1) is 0 Å². The van der Waals surface area contributed by atoms with Crippen LogP contribution in [0, 0.1) is 0 Å². The molecule has 21 heavy (non-hydrogen) atoms. The number of pyridine rings is 1. The molecule has 0 spiro atoms. The zero-order valence-corrected chi connectivity index (χ0v) is 12.0. The summed E-state index contributed by atoms with van der Waals surface area (Å²) in [5.74, 6) is -0.923. The first-order valence-electron chi connectivity index (χ1n) is 7.09. The third kappa shape index (κ3) is 2.69. The van der Waals surface area contributed by atoms with Crippen molar-refractivity contribution in [3.8, 4) is 0 Å². The zero-order valence-electron chi connectivity index (χ0n) is 12.0. The van der Waals surface area contributed by atoms with Crippen molar-refractivity contribution in [2.75, 3.05) is 25.1 Å². The molecule has 0 aliphatic carbocycles. The summed E-state index contributed by atoms with van der Waals surface area (Å²) in [5, 5.41) is 9.99. The summed E-state index contributed by atoms with van der Waals surface area (Å²) in [6.07, 6.45) is 3.92. The van der Waals surface area contributed by atoms with Gasteiger partial charge in [-0.3, -0.25) is 4.98 Å². The molecule has 0 radical (unpaired) electrons. The predicted octanol–water partition coefficient (Wildman–Crippen LogP) is 2.55. The van der Waals surface area contributed by atoms with Crippen LogP contribution in [0.3, 0.4) is 0 Å². The van der Waals surface area contributed by atoms with Crippen molar-refractivity contribution in [1.29, 1.82) is 0 Å². The van der Waals surface area contributed by atoms with Gasteiger partial charge < -0.3 is 14.7 Å². The average molecular weight is 286 g/mol. The maximum absolute atomic E-state index is 11.3. The monoisotopic (exact) mass is 286 g/mol. The Kier molecular flexibility index (Phi) is 3.75. The minimum Gasteiger partial charge on any atom is -0.478 e. The zero-order chi connectivity index (χ0) is 14.8. The molecule has 0 bridgehead atoms. The quantitative estimate of drug-likeness (QED) is 0.939. The Morgan fingerprint density at radius 3 is 3.05 bits per heavy atom. The summed E-state index contributed by atoms with van der Waals surface area (Å²) in [4.78, 5) is 17.8. The largest absolute Gasteiger partial charge is 0.478 e. The number of carboxylic acid groups (broad SMARTS) is 1. The van der Waals surface area contributed by atoms with Gasteiger partial charge in [0.25, 0.3) is 0 Å². The van der Waals surface area contributed by atoms with Crippen LogP contribution in [-0.4, -0.2) is 42.4 Å². The topological polar surface area (TPSA) is 62.7 Å². The Balaban J connectivity index is 2.00. The van der Waals surface area contributed by atoms with E-state index in [-0.39, 0.29) is 6.10 Å². The van der Waals surface area contributed by atoms with Crippen LogP contribution in [0.25, 0.3) is 10.9 Å². The van der Waals surface area contributed by atoms with Crippen LogP contribution in [0.1, 0.15) is 23.2 Å². The molecule has 1 saturated heterocycles. The number of fused-ring (bicyclic) bond motifs is 1. The third-order valence-electron chi connectivity index (χ3n) is 4.03. The van der Waals surface area contributed by atoms with E-state index in [0.717, 1.165) is 31.6 Å². The number of benzene rings is 1. The molecular weight excluding hydrogens is 268 g/mol. The van der Waals surface area contributed by atoms with E-state index in [1.165, 1.54) is 6.20 Å². The average Bonchev–Trinajstić information content (AvgIpc) is 2.53. The first-order valence-corrected chi connectivity index (χ1v) is 7.09. The highest BCUT2D eigenvalue weighted by atomic mass is 16.5. The van der Waals surface area contributed by atoms with Crippen LogP contribution in [-0.2, 0) is 4.74 Å². The van der Waals surface area contributed by atoms with Crippen LogP contribution >= 0.6 is 0 Å². The Labute approximate surface area is 123 Å². The molecule has 2 heterocycles. The molecule has 0 amide bonds. The number of nitrogens with zero attached hydrogens (tertiary/aromatic N) is 2. The van der Waals surface area contributed by atoms with E-state index in [1.807, 2.05) is 18.2 Å². The lowest BCUT2D eigenvalue weighted by molar-refractivity contribution is 0.0699. The summed E-state index contributed by atoms with van der Waals surface area (Å²) >= 11 is 0. The second kappa shape index (κ2) is 5.69. The second-order valence-electron chi connectivity index (χ2n) is 5.31. The molecular formula is C16H18N2O3. The van der Waals surface area contributed by atoms with Crippen molar-refractivity contribution in [1.82, 2.24) is 4.98 Å². The highest BCUT2D eigenvalue weighted by Gasteiger charge is 2.20. The molecule has 1 aliphatic heterocycles. The molecule has 0 saturated carbocycles. The normalized spacial score (nSPS) is 18.9. The van der Waals surface area contributed by atoms with E-state index in [4.69, 9.17) is 4.74 Å². The number of carboxylic acids is 1. The van der Waals surface area contributed by atoms with Crippen molar-refractivity contribution in [2.24, 2.45) is 0 Å². The highest BCUT2D eigenvalue weighted by Crippen LogP contribution is 2.26. The van der Waals surface area contributed by atoms with Crippen molar-refractivity contribution in [3.05, 3.63) is 36.0 Å². The van der Waals surface area contributed by atoms with Gasteiger partial charge in [-0.1, -0.05) is 0 Å². The van der Waals surface area contributed by atoms with Crippen molar-refractivity contribution >= 4 is 22.6 Å². The molecule has 1 aromatic carbocycles. The molecule has 5 heteroatoms. The Morgan fingerprint density at radius 2 is 2.29 bits per heavy atom. The van der Waals surface area contributed by atoms with Gasteiger partial charge >= 0.3 is 5.97 Å². The fourth-order valence-electron chi connectivity index (χ4n) is 2.88. The summed E-state index contributed by atoms with van der Waals surface area (Å²) in [6.45, 7) is 1.80. The maximum Gasteiger partial charge on any atom is 0.336 e. The van der Waals surface area contributed by atoms with Gasteiger partial charge in [0.1, 0.15) is 0 Å². The maximum atomic E-state index is 11.3. The number of hydrogen-bond donors (Lipinski definition) is 1. The van der Waals surface area contributed by atoms with Crippen LogP contribution in [0.2, 0.25) is 0 Å². The van der Waals surface area contributed by atoms with Gasteiger partial charge in [0, 0.05) is 37.5 Å². The van der Waals surface area contributed by atoms with Gasteiger partial charge in [0.2, 0.25) is 0 Å². The fourth-order valence-corrected chi connectivity index (χ4v) is 2.88. The van der Waals surface area contributed by atoms with E-state index in [9.17, 15) is 9.90 Å². The lowest BCUT2D eigenvalue weighted by atomic mass is 10.0. The molecule has 1 aromatic heterocycles. The minimum atomic E-state index is -0.923. The van der Waals surface area contributed by atoms with Crippen LogP contribution in [0.4, 0.5) is 5.69 Å². The smallest absolute Gasteiger partial charge is 0.336 e. The number of piperidine rings is 1. The molecule has 1 fully saturated rings. The van der Waals surface area contributed by atoms with Gasteiger partial charge in [0.05, 0.1) is 17.2 Å². The Bertz CT molecular complexity index is 672. The van der Waals surface area contributed by atoms with Crippen molar-refractivity contribution < 1.29 is 14.6 Å². The summed E-state index contributed by atoms with van der Waals surface area (Å²) < 4.78 is 5.44. The number of aromatic nitrogens is 1. The van der Waals surface area contributed by atoms with Gasteiger partial charge in [-0.05, 0) is 37.1 Å². The molecule has 3 rings (SSSR count). The number of carbonyl (C=O) groups is 1. The van der Waals surface area contributed by atoms with E-state index < -0.39 is 5.97 Å². The molecule has 1 N–H and O–H groups in total. The van der Waals surface area contributed by atoms with E-state index in [1.54, 1.807) is 13.2 Å².